The molecule has 0 radical (unpaired) electrons. The van der Waals surface area contributed by atoms with E-state index in [0.717, 1.165) is 0 Å². The SMILES string of the molecule is C=COC(C)OC(C)C(=C)C(=O)O. The second kappa shape index (κ2) is 5.37. The summed E-state index contributed by atoms with van der Waals surface area (Å²) in [6.07, 6.45) is 0.136. The van der Waals surface area contributed by atoms with E-state index >= 15 is 0 Å². The molecule has 2 unspecified atom stereocenters. The molecule has 74 valence electrons. The van der Waals surface area contributed by atoms with Gasteiger partial charge >= 0.3 is 5.97 Å². The molecule has 0 rings (SSSR count). The van der Waals surface area contributed by atoms with Crippen LogP contribution in [0.5, 0.6) is 0 Å². The fraction of sp³-hybridized carbons (Fsp3) is 0.444. The van der Waals surface area contributed by atoms with Gasteiger partial charge in [-0.1, -0.05) is 13.2 Å². The molecule has 13 heavy (non-hydrogen) atoms. The molecular formula is C9H14O4. The zero-order valence-electron chi connectivity index (χ0n) is 7.82. The van der Waals surface area contributed by atoms with Crippen LogP contribution in [0.2, 0.25) is 0 Å². The molecule has 0 heterocycles. The van der Waals surface area contributed by atoms with Gasteiger partial charge in [0.2, 0.25) is 0 Å². The van der Waals surface area contributed by atoms with Gasteiger partial charge in [-0.2, -0.15) is 0 Å². The average molecular weight is 186 g/mol. The minimum absolute atomic E-state index is 0.000452. The largest absolute Gasteiger partial charge is 0.478 e. The summed E-state index contributed by atoms with van der Waals surface area (Å²) in [7, 11) is 0. The molecule has 0 fully saturated rings. The van der Waals surface area contributed by atoms with Crippen molar-refractivity contribution in [2.75, 3.05) is 0 Å². The average Bonchev–Trinajstić information content (AvgIpc) is 2.03. The lowest BCUT2D eigenvalue weighted by atomic mass is 10.2. The van der Waals surface area contributed by atoms with Crippen LogP contribution in [-0.2, 0) is 14.3 Å². The maximum Gasteiger partial charge on any atom is 0.333 e. The van der Waals surface area contributed by atoms with Gasteiger partial charge in [-0.05, 0) is 13.8 Å². The number of carboxylic acid groups (broad SMARTS) is 1. The van der Waals surface area contributed by atoms with E-state index in [1.807, 2.05) is 0 Å². The van der Waals surface area contributed by atoms with Crippen LogP contribution in [0.1, 0.15) is 13.8 Å². The van der Waals surface area contributed by atoms with Crippen LogP contribution >= 0.6 is 0 Å². The number of hydrogen-bond acceptors (Lipinski definition) is 3. The van der Waals surface area contributed by atoms with E-state index in [-0.39, 0.29) is 5.57 Å². The second-order valence-corrected chi connectivity index (χ2v) is 2.48. The molecule has 0 aliphatic carbocycles. The minimum Gasteiger partial charge on any atom is -0.478 e. The molecule has 0 aliphatic rings. The van der Waals surface area contributed by atoms with Crippen LogP contribution in [0, 0.1) is 0 Å². The van der Waals surface area contributed by atoms with E-state index in [9.17, 15) is 4.79 Å². The van der Waals surface area contributed by atoms with Crippen LogP contribution < -0.4 is 0 Å². The van der Waals surface area contributed by atoms with E-state index < -0.39 is 18.4 Å². The van der Waals surface area contributed by atoms with Crippen molar-refractivity contribution in [1.82, 2.24) is 0 Å². The number of aliphatic carboxylic acids is 1. The number of carboxylic acids is 1. The van der Waals surface area contributed by atoms with E-state index in [1.54, 1.807) is 13.8 Å². The number of carbonyl (C=O) groups is 1. The zero-order chi connectivity index (χ0) is 10.4. The highest BCUT2D eigenvalue weighted by atomic mass is 16.7. The third-order valence-corrected chi connectivity index (χ3v) is 1.45. The fourth-order valence-electron chi connectivity index (χ4n) is 0.711. The summed E-state index contributed by atoms with van der Waals surface area (Å²) in [5, 5.41) is 8.55. The van der Waals surface area contributed by atoms with Crippen molar-refractivity contribution in [2.24, 2.45) is 0 Å². The molecule has 0 aromatic carbocycles. The summed E-state index contributed by atoms with van der Waals surface area (Å²) in [4.78, 5) is 10.4. The van der Waals surface area contributed by atoms with Gasteiger partial charge < -0.3 is 14.6 Å². The molecule has 0 spiro atoms. The third-order valence-electron chi connectivity index (χ3n) is 1.45. The Bertz CT molecular complexity index is 210. The molecule has 0 aliphatic heterocycles. The summed E-state index contributed by atoms with van der Waals surface area (Å²) in [5.74, 6) is -1.07. The maximum atomic E-state index is 10.4. The molecule has 4 nitrogen and oxygen atoms in total. The smallest absolute Gasteiger partial charge is 0.333 e. The predicted molar refractivity (Wildman–Crippen MR) is 48.1 cm³/mol. The number of ether oxygens (including phenoxy) is 2. The van der Waals surface area contributed by atoms with Gasteiger partial charge in [0.05, 0.1) is 17.9 Å². The lowest BCUT2D eigenvalue weighted by Gasteiger charge is -2.18. The van der Waals surface area contributed by atoms with Crippen molar-refractivity contribution in [2.45, 2.75) is 26.2 Å². The van der Waals surface area contributed by atoms with Gasteiger partial charge in [0.15, 0.2) is 6.29 Å². The van der Waals surface area contributed by atoms with Crippen LogP contribution in [-0.4, -0.2) is 23.5 Å². The molecule has 0 amide bonds. The van der Waals surface area contributed by atoms with Crippen LogP contribution in [0.15, 0.2) is 25.0 Å². The van der Waals surface area contributed by atoms with E-state index in [0.29, 0.717) is 0 Å². The van der Waals surface area contributed by atoms with E-state index in [1.165, 1.54) is 6.26 Å². The molecule has 0 aromatic rings. The first kappa shape index (κ1) is 11.7. The summed E-state index contributed by atoms with van der Waals surface area (Å²) in [5.41, 5.74) is -0.000452. The number of hydrogen-bond donors (Lipinski definition) is 1. The van der Waals surface area contributed by atoms with Crippen molar-refractivity contribution < 1.29 is 19.4 Å². The predicted octanol–water partition coefficient (Wildman–Crippen LogP) is 1.54. The molecule has 4 heteroatoms. The Morgan fingerprint density at radius 3 is 2.46 bits per heavy atom. The normalized spacial score (nSPS) is 14.3. The monoisotopic (exact) mass is 186 g/mol. The third kappa shape index (κ3) is 4.32. The molecule has 2 atom stereocenters. The van der Waals surface area contributed by atoms with Crippen molar-refractivity contribution in [3.8, 4) is 0 Å². The molecule has 0 saturated heterocycles. The molecular weight excluding hydrogens is 172 g/mol. The zero-order valence-corrected chi connectivity index (χ0v) is 7.82. The Hall–Kier alpha value is -1.29. The highest BCUT2D eigenvalue weighted by Gasteiger charge is 2.16. The van der Waals surface area contributed by atoms with Crippen molar-refractivity contribution in [3.63, 3.8) is 0 Å². The van der Waals surface area contributed by atoms with Gasteiger partial charge in [-0.15, -0.1) is 0 Å². The first-order chi connectivity index (χ1) is 5.99. The lowest BCUT2D eigenvalue weighted by Crippen LogP contribution is -2.23. The summed E-state index contributed by atoms with van der Waals surface area (Å²) >= 11 is 0. The first-order valence-electron chi connectivity index (χ1n) is 3.83. The standard InChI is InChI=1S/C9H14O4/c1-5-12-8(4)13-7(3)6(2)9(10)11/h5,7-8H,1-2H2,3-4H3,(H,10,11). The van der Waals surface area contributed by atoms with Crippen molar-refractivity contribution in [1.29, 1.82) is 0 Å². The van der Waals surface area contributed by atoms with Gasteiger partial charge in [0, 0.05) is 0 Å². The summed E-state index contributed by atoms with van der Waals surface area (Å²) in [6.45, 7) is 9.95. The summed E-state index contributed by atoms with van der Waals surface area (Å²) in [6, 6.07) is 0. The maximum absolute atomic E-state index is 10.4. The number of rotatable bonds is 6. The van der Waals surface area contributed by atoms with E-state index in [4.69, 9.17) is 14.6 Å². The van der Waals surface area contributed by atoms with E-state index in [2.05, 4.69) is 13.2 Å². The van der Waals surface area contributed by atoms with Crippen LogP contribution in [0.3, 0.4) is 0 Å². The van der Waals surface area contributed by atoms with Crippen molar-refractivity contribution in [3.05, 3.63) is 25.0 Å². The highest BCUT2D eigenvalue weighted by molar-refractivity contribution is 5.86. The highest BCUT2D eigenvalue weighted by Crippen LogP contribution is 2.08. The first-order valence-corrected chi connectivity index (χ1v) is 3.83. The minimum atomic E-state index is -1.07. The van der Waals surface area contributed by atoms with Crippen molar-refractivity contribution >= 4 is 5.97 Å². The van der Waals surface area contributed by atoms with Gasteiger partial charge in [0.1, 0.15) is 0 Å². The lowest BCUT2D eigenvalue weighted by molar-refractivity contribution is -0.139. The molecule has 0 bridgehead atoms. The second-order valence-electron chi connectivity index (χ2n) is 2.48. The van der Waals surface area contributed by atoms with Crippen LogP contribution in [0.4, 0.5) is 0 Å². The molecule has 0 saturated carbocycles. The summed E-state index contributed by atoms with van der Waals surface area (Å²) < 4.78 is 9.99. The Balaban J connectivity index is 3.98. The fourth-order valence-corrected chi connectivity index (χ4v) is 0.711. The van der Waals surface area contributed by atoms with Gasteiger partial charge in [-0.3, -0.25) is 0 Å². The topological polar surface area (TPSA) is 55.8 Å². The van der Waals surface area contributed by atoms with Gasteiger partial charge in [0.25, 0.3) is 0 Å². The molecule has 1 N–H and O–H groups in total. The molecule has 0 aromatic heterocycles. The Labute approximate surface area is 77.5 Å². The van der Waals surface area contributed by atoms with Gasteiger partial charge in [-0.25, -0.2) is 4.79 Å². The quantitative estimate of drug-likeness (QED) is 0.388. The van der Waals surface area contributed by atoms with Crippen LogP contribution in [0.25, 0.3) is 0 Å². The Morgan fingerprint density at radius 2 is 2.08 bits per heavy atom. The Morgan fingerprint density at radius 1 is 1.54 bits per heavy atom. The Kier molecular flexibility index (Phi) is 4.84.